The maximum atomic E-state index is 13.4. The highest BCUT2D eigenvalue weighted by atomic mass is 35.5. The third-order valence-corrected chi connectivity index (χ3v) is 8.31. The predicted molar refractivity (Wildman–Crippen MR) is 153 cm³/mol. The van der Waals surface area contributed by atoms with Crippen LogP contribution in [0.4, 0.5) is 0 Å². The standard InChI is InChI=1S/C28H33Cl2N5O2S/c1-19-14-24(29)33-27(30)26(19)28(37)32-10-5-20(2)34-11-6-23(7-12-34)35(17-22-8-13-38-18-22)25(36)15-21-4-3-9-31-16-21/h3-4,8-9,13-14,16,18,20,23H,5-7,10-12,15,17H2,1-2H3,(H,32,37)/t20-/m1/s1. The fraction of sp³-hybridized carbons (Fsp3) is 0.429. The lowest BCUT2D eigenvalue weighted by molar-refractivity contribution is -0.134. The zero-order chi connectivity index (χ0) is 27.1. The first kappa shape index (κ1) is 28.5. The van der Waals surface area contributed by atoms with E-state index >= 15 is 0 Å². The maximum Gasteiger partial charge on any atom is 0.254 e. The van der Waals surface area contributed by atoms with Crippen molar-refractivity contribution in [2.45, 2.75) is 58.2 Å². The number of thiophene rings is 1. The lowest BCUT2D eigenvalue weighted by Gasteiger charge is -2.41. The van der Waals surface area contributed by atoms with E-state index < -0.39 is 0 Å². The van der Waals surface area contributed by atoms with Gasteiger partial charge < -0.3 is 15.1 Å². The number of aryl methyl sites for hydroxylation is 1. The van der Waals surface area contributed by atoms with E-state index in [0.717, 1.165) is 37.9 Å². The molecule has 0 aliphatic carbocycles. The van der Waals surface area contributed by atoms with Crippen LogP contribution in [-0.2, 0) is 17.8 Å². The Hall–Kier alpha value is -2.52. The van der Waals surface area contributed by atoms with Crippen molar-refractivity contribution in [3.05, 3.63) is 80.0 Å². The third kappa shape index (κ3) is 7.53. The van der Waals surface area contributed by atoms with Gasteiger partial charge in [0.05, 0.1) is 12.0 Å². The van der Waals surface area contributed by atoms with Gasteiger partial charge in [0.2, 0.25) is 5.91 Å². The van der Waals surface area contributed by atoms with E-state index in [2.05, 4.69) is 48.8 Å². The summed E-state index contributed by atoms with van der Waals surface area (Å²) in [6, 6.07) is 8.05. The van der Waals surface area contributed by atoms with Gasteiger partial charge in [-0.1, -0.05) is 29.3 Å². The summed E-state index contributed by atoms with van der Waals surface area (Å²) in [5.74, 6) is -0.0946. The molecule has 0 spiro atoms. The second-order valence-corrected chi connectivity index (χ2v) is 11.3. The number of nitrogens with one attached hydrogen (secondary N) is 1. The fourth-order valence-corrected chi connectivity index (χ4v) is 6.23. The first-order chi connectivity index (χ1) is 18.3. The van der Waals surface area contributed by atoms with Gasteiger partial charge in [-0.15, -0.1) is 0 Å². The summed E-state index contributed by atoms with van der Waals surface area (Å²) in [4.78, 5) is 38.7. The van der Waals surface area contributed by atoms with Crippen LogP contribution in [0.15, 0.2) is 47.4 Å². The molecule has 3 aromatic rings. The highest BCUT2D eigenvalue weighted by Gasteiger charge is 2.30. The number of hydrogen-bond donors (Lipinski definition) is 1. The van der Waals surface area contributed by atoms with Gasteiger partial charge in [-0.2, -0.15) is 11.3 Å². The number of piperidine rings is 1. The monoisotopic (exact) mass is 573 g/mol. The van der Waals surface area contributed by atoms with Gasteiger partial charge in [-0.3, -0.25) is 14.6 Å². The highest BCUT2D eigenvalue weighted by Crippen LogP contribution is 2.24. The molecular weight excluding hydrogens is 541 g/mol. The molecule has 10 heteroatoms. The molecule has 1 N–H and O–H groups in total. The number of pyridine rings is 2. The first-order valence-electron chi connectivity index (χ1n) is 12.9. The molecule has 0 unspecified atom stereocenters. The molecule has 2 amide bonds. The number of nitrogens with zero attached hydrogens (tertiary/aromatic N) is 4. The minimum absolute atomic E-state index is 0.118. The molecule has 0 bridgehead atoms. The molecule has 0 aromatic carbocycles. The minimum atomic E-state index is -0.237. The van der Waals surface area contributed by atoms with Crippen LogP contribution in [0.5, 0.6) is 0 Å². The smallest absolute Gasteiger partial charge is 0.254 e. The van der Waals surface area contributed by atoms with Gasteiger partial charge in [-0.05, 0) is 78.8 Å². The lowest BCUT2D eigenvalue weighted by Crippen LogP contribution is -2.49. The number of rotatable bonds is 10. The van der Waals surface area contributed by atoms with Crippen LogP contribution in [0.25, 0.3) is 0 Å². The summed E-state index contributed by atoms with van der Waals surface area (Å²) < 4.78 is 0. The van der Waals surface area contributed by atoms with Crippen LogP contribution < -0.4 is 5.32 Å². The second-order valence-electron chi connectivity index (χ2n) is 9.78. The Morgan fingerprint density at radius 1 is 1.24 bits per heavy atom. The number of aromatic nitrogens is 2. The Morgan fingerprint density at radius 2 is 2.03 bits per heavy atom. The average Bonchev–Trinajstić information content (AvgIpc) is 3.41. The van der Waals surface area contributed by atoms with Crippen LogP contribution >= 0.6 is 34.5 Å². The molecule has 4 heterocycles. The Kier molecular flexibility index (Phi) is 10.1. The summed E-state index contributed by atoms with van der Waals surface area (Å²) in [5.41, 5.74) is 3.18. The number of hydrogen-bond acceptors (Lipinski definition) is 6. The number of halogens is 2. The molecule has 7 nitrogen and oxygen atoms in total. The molecule has 1 saturated heterocycles. The van der Waals surface area contributed by atoms with Crippen LogP contribution in [0.1, 0.15) is 53.2 Å². The summed E-state index contributed by atoms with van der Waals surface area (Å²) in [5, 5.41) is 7.53. The maximum absolute atomic E-state index is 13.4. The zero-order valence-electron chi connectivity index (χ0n) is 21.7. The van der Waals surface area contributed by atoms with E-state index in [1.807, 2.05) is 12.1 Å². The highest BCUT2D eigenvalue weighted by molar-refractivity contribution is 7.07. The van der Waals surface area contributed by atoms with Crippen molar-refractivity contribution in [3.63, 3.8) is 0 Å². The summed E-state index contributed by atoms with van der Waals surface area (Å²) in [6.45, 7) is 6.97. The van der Waals surface area contributed by atoms with Gasteiger partial charge in [0, 0.05) is 50.7 Å². The van der Waals surface area contributed by atoms with Crippen molar-refractivity contribution in [2.24, 2.45) is 0 Å². The molecule has 0 radical (unpaired) electrons. The molecular formula is C28H33Cl2N5O2S. The molecule has 1 fully saturated rings. The van der Waals surface area contributed by atoms with Gasteiger partial charge >= 0.3 is 0 Å². The van der Waals surface area contributed by atoms with Gasteiger partial charge in [0.15, 0.2) is 0 Å². The van der Waals surface area contributed by atoms with Crippen molar-refractivity contribution in [3.8, 4) is 0 Å². The van der Waals surface area contributed by atoms with Crippen LogP contribution in [0.2, 0.25) is 10.3 Å². The molecule has 1 aliphatic rings. The number of carbonyl (C=O) groups is 2. The SMILES string of the molecule is Cc1cc(Cl)nc(Cl)c1C(=O)NCC[C@@H](C)N1CCC(N(Cc2ccsc2)C(=O)Cc2cccnc2)CC1. The van der Waals surface area contributed by atoms with Crippen molar-refractivity contribution in [2.75, 3.05) is 19.6 Å². The van der Waals surface area contributed by atoms with Gasteiger partial charge in [0.1, 0.15) is 10.3 Å². The van der Waals surface area contributed by atoms with Gasteiger partial charge in [-0.25, -0.2) is 4.98 Å². The lowest BCUT2D eigenvalue weighted by atomic mass is 9.99. The van der Waals surface area contributed by atoms with E-state index in [-0.39, 0.29) is 28.2 Å². The summed E-state index contributed by atoms with van der Waals surface area (Å²) in [6.07, 6.45) is 6.51. The summed E-state index contributed by atoms with van der Waals surface area (Å²) in [7, 11) is 0. The molecule has 1 aliphatic heterocycles. The first-order valence-corrected chi connectivity index (χ1v) is 14.6. The predicted octanol–water partition coefficient (Wildman–Crippen LogP) is 5.40. The quantitative estimate of drug-likeness (QED) is 0.328. The largest absolute Gasteiger partial charge is 0.352 e. The number of carbonyl (C=O) groups excluding carboxylic acids is 2. The van der Waals surface area contributed by atoms with E-state index in [9.17, 15) is 9.59 Å². The number of likely N-dealkylation sites (tertiary alicyclic amines) is 1. The van der Waals surface area contributed by atoms with E-state index in [4.69, 9.17) is 23.2 Å². The fourth-order valence-electron chi connectivity index (χ4n) is 4.95. The molecule has 4 rings (SSSR count). The van der Waals surface area contributed by atoms with Crippen LogP contribution in [0, 0.1) is 6.92 Å². The van der Waals surface area contributed by atoms with Crippen molar-refractivity contribution in [1.29, 1.82) is 0 Å². The van der Waals surface area contributed by atoms with E-state index in [0.29, 0.717) is 36.7 Å². The van der Waals surface area contributed by atoms with Crippen molar-refractivity contribution >= 4 is 46.4 Å². The average molecular weight is 575 g/mol. The summed E-state index contributed by atoms with van der Waals surface area (Å²) >= 11 is 13.7. The topological polar surface area (TPSA) is 78.4 Å². The minimum Gasteiger partial charge on any atom is -0.352 e. The second kappa shape index (κ2) is 13.5. The molecule has 1 atom stereocenters. The molecule has 38 heavy (non-hydrogen) atoms. The zero-order valence-corrected chi connectivity index (χ0v) is 24.0. The Labute approximate surface area is 238 Å². The van der Waals surface area contributed by atoms with E-state index in [1.165, 1.54) is 5.56 Å². The van der Waals surface area contributed by atoms with Crippen LogP contribution in [-0.4, -0.2) is 63.3 Å². The number of amides is 2. The molecule has 3 aromatic heterocycles. The van der Waals surface area contributed by atoms with Gasteiger partial charge in [0.25, 0.3) is 5.91 Å². The van der Waals surface area contributed by atoms with E-state index in [1.54, 1.807) is 36.7 Å². The van der Waals surface area contributed by atoms with Crippen molar-refractivity contribution in [1.82, 2.24) is 25.1 Å². The van der Waals surface area contributed by atoms with Crippen molar-refractivity contribution < 1.29 is 9.59 Å². The Morgan fingerprint density at radius 3 is 2.68 bits per heavy atom. The third-order valence-electron chi connectivity index (χ3n) is 7.11. The molecule has 0 saturated carbocycles. The Balaban J connectivity index is 1.29. The van der Waals surface area contributed by atoms with Crippen LogP contribution in [0.3, 0.4) is 0 Å². The normalized spacial score (nSPS) is 15.3. The Bertz CT molecular complexity index is 1190. The molecule has 202 valence electrons.